The largest absolute Gasteiger partial charge is 0.489 e. The number of urea groups is 1. The number of ether oxygens (including phenoxy) is 2. The average molecular weight is 395 g/mol. The smallest absolute Gasteiger partial charge is 0.338 e. The lowest BCUT2D eigenvalue weighted by molar-refractivity contribution is -0.139. The minimum absolute atomic E-state index is 0.0115. The molecule has 0 saturated carbocycles. The lowest BCUT2D eigenvalue weighted by Crippen LogP contribution is -2.46. The van der Waals surface area contributed by atoms with Crippen LogP contribution >= 0.6 is 11.6 Å². The Morgan fingerprint density at radius 3 is 2.63 bits per heavy atom. The fraction of sp³-hybridized carbons (Fsp3) is 0.500. The third-order valence-corrected chi connectivity index (χ3v) is 4.38. The number of hydrogen-bond donors (Lipinski definition) is 2. The summed E-state index contributed by atoms with van der Waals surface area (Å²) in [4.78, 5) is 24.8. The van der Waals surface area contributed by atoms with Crippen LogP contribution in [0, 0.1) is 0 Å². The molecule has 0 radical (unpaired) electrons. The van der Waals surface area contributed by atoms with Gasteiger partial charge in [-0.3, -0.25) is 0 Å². The number of amides is 2. The first-order chi connectivity index (χ1) is 12.9. The van der Waals surface area contributed by atoms with Crippen molar-refractivity contribution in [2.75, 3.05) is 6.61 Å². The molecule has 148 valence electrons. The molecule has 2 amide bonds. The van der Waals surface area contributed by atoms with Gasteiger partial charge in [0.15, 0.2) is 0 Å². The van der Waals surface area contributed by atoms with Gasteiger partial charge in [0.2, 0.25) is 0 Å². The molecule has 1 aliphatic heterocycles. The van der Waals surface area contributed by atoms with Crippen LogP contribution in [-0.2, 0) is 9.53 Å². The molecular formula is C20H27ClN2O4. The van der Waals surface area contributed by atoms with E-state index in [-0.39, 0.29) is 18.7 Å². The molecule has 1 aromatic carbocycles. The van der Waals surface area contributed by atoms with E-state index in [1.807, 2.05) is 13.8 Å². The molecule has 1 heterocycles. The topological polar surface area (TPSA) is 76.7 Å². The zero-order chi connectivity index (χ0) is 20.0. The highest BCUT2D eigenvalue weighted by atomic mass is 35.5. The summed E-state index contributed by atoms with van der Waals surface area (Å²) in [7, 11) is 0. The third-order valence-electron chi connectivity index (χ3n) is 4.08. The lowest BCUT2D eigenvalue weighted by atomic mass is 9.93. The number of allylic oxidation sites excluding steroid dienone is 1. The third kappa shape index (κ3) is 5.39. The molecule has 0 bridgehead atoms. The minimum atomic E-state index is -0.629. The maximum atomic E-state index is 12.6. The number of carbonyl (C=O) groups excluding carboxylic acids is 2. The second kappa shape index (κ2) is 9.65. The van der Waals surface area contributed by atoms with Gasteiger partial charge >= 0.3 is 12.0 Å². The monoisotopic (exact) mass is 394 g/mol. The Morgan fingerprint density at radius 2 is 2.04 bits per heavy atom. The van der Waals surface area contributed by atoms with E-state index in [9.17, 15) is 9.59 Å². The van der Waals surface area contributed by atoms with Gasteiger partial charge in [0.05, 0.1) is 29.3 Å². The molecule has 1 aromatic rings. The van der Waals surface area contributed by atoms with E-state index in [1.165, 1.54) is 0 Å². The number of hydrogen-bond acceptors (Lipinski definition) is 4. The molecule has 6 nitrogen and oxygen atoms in total. The number of carbonyl (C=O) groups is 2. The highest BCUT2D eigenvalue weighted by Crippen LogP contribution is 2.34. The SMILES string of the molecule is CCCCC1=C(C(=O)OCC)C(c2ccc(OC(C)C)c(Cl)c2)NC(=O)N1. The van der Waals surface area contributed by atoms with E-state index >= 15 is 0 Å². The zero-order valence-corrected chi connectivity index (χ0v) is 17.0. The first-order valence-corrected chi connectivity index (χ1v) is 9.68. The fourth-order valence-electron chi connectivity index (χ4n) is 2.91. The molecule has 1 atom stereocenters. The molecule has 7 heteroatoms. The van der Waals surface area contributed by atoms with Crippen LogP contribution in [0.5, 0.6) is 5.75 Å². The summed E-state index contributed by atoms with van der Waals surface area (Å²) in [6.07, 6.45) is 2.38. The van der Waals surface area contributed by atoms with Gasteiger partial charge in [0.1, 0.15) is 5.75 Å². The molecule has 27 heavy (non-hydrogen) atoms. The predicted molar refractivity (Wildman–Crippen MR) is 105 cm³/mol. The van der Waals surface area contributed by atoms with Crippen LogP contribution in [0.4, 0.5) is 4.79 Å². The van der Waals surface area contributed by atoms with Crippen LogP contribution in [0.25, 0.3) is 0 Å². The Balaban J connectivity index is 2.45. The number of esters is 1. The van der Waals surface area contributed by atoms with Crippen molar-refractivity contribution in [3.63, 3.8) is 0 Å². The number of halogens is 1. The molecular weight excluding hydrogens is 368 g/mol. The van der Waals surface area contributed by atoms with E-state index in [1.54, 1.807) is 25.1 Å². The van der Waals surface area contributed by atoms with Gasteiger partial charge in [-0.1, -0.05) is 31.0 Å². The minimum Gasteiger partial charge on any atom is -0.489 e. The van der Waals surface area contributed by atoms with Crippen molar-refractivity contribution >= 4 is 23.6 Å². The fourth-order valence-corrected chi connectivity index (χ4v) is 3.15. The van der Waals surface area contributed by atoms with Gasteiger partial charge in [0, 0.05) is 5.70 Å². The van der Waals surface area contributed by atoms with Crippen molar-refractivity contribution in [2.24, 2.45) is 0 Å². The van der Waals surface area contributed by atoms with Gasteiger partial charge < -0.3 is 20.1 Å². The van der Waals surface area contributed by atoms with Crippen LogP contribution < -0.4 is 15.4 Å². The summed E-state index contributed by atoms with van der Waals surface area (Å²) in [6, 6.07) is 4.29. The number of rotatable bonds is 8. The molecule has 0 saturated heterocycles. The van der Waals surface area contributed by atoms with Crippen LogP contribution in [0.1, 0.15) is 58.6 Å². The van der Waals surface area contributed by atoms with Gasteiger partial charge in [-0.15, -0.1) is 0 Å². The summed E-state index contributed by atoms with van der Waals surface area (Å²) in [5.74, 6) is 0.114. The standard InChI is InChI=1S/C20H27ClN2O4/c1-5-7-8-15-17(19(24)26-6-2)18(23-20(25)22-15)13-9-10-16(14(21)11-13)27-12(3)4/h9-12,18H,5-8H2,1-4H3,(H2,22,23,25). The molecule has 0 aromatic heterocycles. The summed E-state index contributed by atoms with van der Waals surface area (Å²) in [5.41, 5.74) is 1.71. The van der Waals surface area contributed by atoms with Crippen LogP contribution in [0.15, 0.2) is 29.5 Å². The summed E-state index contributed by atoms with van der Waals surface area (Å²) >= 11 is 6.35. The van der Waals surface area contributed by atoms with Gasteiger partial charge in [-0.05, 0) is 51.3 Å². The van der Waals surface area contributed by atoms with Gasteiger partial charge in [-0.2, -0.15) is 0 Å². The maximum Gasteiger partial charge on any atom is 0.338 e. The molecule has 0 aliphatic carbocycles. The van der Waals surface area contributed by atoms with Crippen molar-refractivity contribution in [2.45, 2.75) is 59.1 Å². The van der Waals surface area contributed by atoms with E-state index in [0.717, 1.165) is 12.8 Å². The van der Waals surface area contributed by atoms with Crippen LogP contribution in [0.2, 0.25) is 5.02 Å². The first-order valence-electron chi connectivity index (χ1n) is 9.31. The molecule has 1 aliphatic rings. The van der Waals surface area contributed by atoms with E-state index in [0.29, 0.717) is 34.0 Å². The predicted octanol–water partition coefficient (Wildman–Crippen LogP) is 4.49. The van der Waals surface area contributed by atoms with Crippen LogP contribution in [-0.4, -0.2) is 24.7 Å². The van der Waals surface area contributed by atoms with Gasteiger partial charge in [-0.25, -0.2) is 9.59 Å². The summed E-state index contributed by atoms with van der Waals surface area (Å²) in [6.45, 7) is 7.89. The van der Waals surface area contributed by atoms with Gasteiger partial charge in [0.25, 0.3) is 0 Å². The second-order valence-corrected chi connectivity index (χ2v) is 7.01. The van der Waals surface area contributed by atoms with E-state index < -0.39 is 12.0 Å². The Hall–Kier alpha value is -2.21. The molecule has 0 spiro atoms. The highest BCUT2D eigenvalue weighted by molar-refractivity contribution is 6.32. The lowest BCUT2D eigenvalue weighted by Gasteiger charge is -2.29. The molecule has 1 unspecified atom stereocenters. The summed E-state index contributed by atoms with van der Waals surface area (Å²) in [5, 5.41) is 5.99. The Kier molecular flexibility index (Phi) is 7.54. The Labute approximate surface area is 165 Å². The van der Waals surface area contributed by atoms with Crippen LogP contribution in [0.3, 0.4) is 0 Å². The number of unbranched alkanes of at least 4 members (excludes halogenated alkanes) is 1. The first kappa shape index (κ1) is 21.1. The van der Waals surface area contributed by atoms with Crippen molar-refractivity contribution in [1.29, 1.82) is 0 Å². The normalized spacial score (nSPS) is 16.8. The maximum absolute atomic E-state index is 12.6. The molecule has 2 rings (SSSR count). The Bertz CT molecular complexity index is 731. The quantitative estimate of drug-likeness (QED) is 0.637. The second-order valence-electron chi connectivity index (χ2n) is 6.60. The number of benzene rings is 1. The van der Waals surface area contributed by atoms with E-state index in [4.69, 9.17) is 21.1 Å². The van der Waals surface area contributed by atoms with Crippen molar-refractivity contribution in [3.8, 4) is 5.75 Å². The van der Waals surface area contributed by atoms with E-state index in [2.05, 4.69) is 17.6 Å². The highest BCUT2D eigenvalue weighted by Gasteiger charge is 2.33. The zero-order valence-electron chi connectivity index (χ0n) is 16.2. The number of nitrogens with one attached hydrogen (secondary N) is 2. The molecule has 0 fully saturated rings. The van der Waals surface area contributed by atoms with Crippen molar-refractivity contribution in [1.82, 2.24) is 10.6 Å². The molecule has 2 N–H and O–H groups in total. The van der Waals surface area contributed by atoms with Crippen molar-refractivity contribution < 1.29 is 19.1 Å². The Morgan fingerprint density at radius 1 is 1.30 bits per heavy atom. The van der Waals surface area contributed by atoms with Crippen molar-refractivity contribution in [3.05, 3.63) is 40.1 Å². The average Bonchev–Trinajstić information content (AvgIpc) is 2.60. The summed E-state index contributed by atoms with van der Waals surface area (Å²) < 4.78 is 10.9.